The van der Waals surface area contributed by atoms with Gasteiger partial charge in [-0.25, -0.2) is 0 Å². The Bertz CT molecular complexity index is 88.6. The molecule has 0 aliphatic carbocycles. The van der Waals surface area contributed by atoms with Crippen molar-refractivity contribution in [1.82, 2.24) is 0 Å². The van der Waals surface area contributed by atoms with Crippen LogP contribution in [0.3, 0.4) is 0 Å². The molecular weight excluding hydrogens is 144 g/mol. The van der Waals surface area contributed by atoms with Crippen molar-refractivity contribution < 1.29 is 0 Å². The van der Waals surface area contributed by atoms with Gasteiger partial charge in [0.15, 0.2) is 0 Å². The van der Waals surface area contributed by atoms with Crippen LogP contribution in [0, 0.1) is 0 Å². The molecule has 0 aromatic heterocycles. The molecule has 0 heteroatoms. The van der Waals surface area contributed by atoms with Crippen molar-refractivity contribution in [2.45, 2.75) is 51.4 Å². The van der Waals surface area contributed by atoms with Gasteiger partial charge in [-0.3, -0.25) is 0 Å². The van der Waals surface area contributed by atoms with Crippen LogP contribution in [0.4, 0.5) is 0 Å². The molecular formula is C12H22. The van der Waals surface area contributed by atoms with Crippen LogP contribution in [-0.2, 0) is 0 Å². The summed E-state index contributed by atoms with van der Waals surface area (Å²) < 4.78 is 0. The van der Waals surface area contributed by atoms with Crippen LogP contribution in [-0.4, -0.2) is 0 Å². The number of unbranched alkanes of at least 4 members (excludes halogenated alkanes) is 7. The highest BCUT2D eigenvalue weighted by Gasteiger charge is 1.88. The Morgan fingerprint density at radius 2 is 0.917 bits per heavy atom. The molecule has 0 aliphatic rings. The first-order chi connectivity index (χ1) is 5.91. The molecule has 0 spiro atoms. The first-order valence-electron chi connectivity index (χ1n) is 5.13. The van der Waals surface area contributed by atoms with Crippen LogP contribution < -0.4 is 0 Å². The van der Waals surface area contributed by atoms with E-state index in [0.717, 1.165) is 0 Å². The Kier molecular flexibility index (Phi) is 10.0. The van der Waals surface area contributed by atoms with Crippen molar-refractivity contribution in [2.75, 3.05) is 0 Å². The van der Waals surface area contributed by atoms with E-state index in [2.05, 4.69) is 13.2 Å². The third-order valence-electron chi connectivity index (χ3n) is 2.07. The predicted octanol–water partition coefficient (Wildman–Crippen LogP) is 4.48. The van der Waals surface area contributed by atoms with Gasteiger partial charge in [-0.05, 0) is 25.7 Å². The molecule has 0 amide bonds. The number of rotatable bonds is 9. The molecule has 0 rings (SSSR count). The van der Waals surface area contributed by atoms with Gasteiger partial charge in [-0.2, -0.15) is 0 Å². The summed E-state index contributed by atoms with van der Waals surface area (Å²) in [7, 11) is 0. The molecule has 70 valence electrons. The SMILES string of the molecule is C=CCCCCCCCCC=C. The average molecular weight is 166 g/mol. The van der Waals surface area contributed by atoms with Gasteiger partial charge in [0.2, 0.25) is 0 Å². The van der Waals surface area contributed by atoms with Gasteiger partial charge < -0.3 is 0 Å². The Morgan fingerprint density at radius 3 is 1.25 bits per heavy atom. The van der Waals surface area contributed by atoms with Crippen molar-refractivity contribution in [3.8, 4) is 0 Å². The topological polar surface area (TPSA) is 0 Å². The van der Waals surface area contributed by atoms with Crippen LogP contribution in [0.2, 0.25) is 0 Å². The Morgan fingerprint density at radius 1 is 0.583 bits per heavy atom. The lowest BCUT2D eigenvalue weighted by Crippen LogP contribution is -1.78. The lowest BCUT2D eigenvalue weighted by molar-refractivity contribution is 0.600. The first-order valence-corrected chi connectivity index (χ1v) is 5.13. The summed E-state index contributed by atoms with van der Waals surface area (Å²) in [6.07, 6.45) is 14.6. The van der Waals surface area contributed by atoms with E-state index in [1.807, 2.05) is 12.2 Å². The molecule has 0 nitrogen and oxygen atoms in total. The van der Waals surface area contributed by atoms with Crippen molar-refractivity contribution >= 4 is 0 Å². The standard InChI is InChI=1S/C12H22/c1-3-5-7-9-11-12-10-8-6-4-2/h3-4H,1-2,5-12H2. The number of hydrogen-bond donors (Lipinski definition) is 0. The van der Waals surface area contributed by atoms with E-state index in [1.54, 1.807) is 0 Å². The second-order valence-corrected chi connectivity index (χ2v) is 3.28. The third kappa shape index (κ3) is 9.48. The lowest BCUT2D eigenvalue weighted by Gasteiger charge is -1.98. The minimum Gasteiger partial charge on any atom is -0.103 e. The van der Waals surface area contributed by atoms with Crippen molar-refractivity contribution in [3.63, 3.8) is 0 Å². The van der Waals surface area contributed by atoms with Crippen molar-refractivity contribution in [1.29, 1.82) is 0 Å². The summed E-state index contributed by atoms with van der Waals surface area (Å²) in [4.78, 5) is 0. The van der Waals surface area contributed by atoms with E-state index < -0.39 is 0 Å². The van der Waals surface area contributed by atoms with Gasteiger partial charge in [-0.15, -0.1) is 13.2 Å². The molecule has 0 aromatic carbocycles. The van der Waals surface area contributed by atoms with E-state index in [0.29, 0.717) is 0 Å². The van der Waals surface area contributed by atoms with Crippen LogP contribution in [0.25, 0.3) is 0 Å². The maximum Gasteiger partial charge on any atom is -0.0353 e. The number of allylic oxidation sites excluding steroid dienone is 2. The van der Waals surface area contributed by atoms with E-state index in [1.165, 1.54) is 51.4 Å². The molecule has 0 atom stereocenters. The molecule has 0 radical (unpaired) electrons. The second-order valence-electron chi connectivity index (χ2n) is 3.28. The lowest BCUT2D eigenvalue weighted by atomic mass is 10.1. The Hall–Kier alpha value is -0.520. The van der Waals surface area contributed by atoms with Crippen LogP contribution >= 0.6 is 0 Å². The van der Waals surface area contributed by atoms with E-state index in [4.69, 9.17) is 0 Å². The third-order valence-corrected chi connectivity index (χ3v) is 2.07. The van der Waals surface area contributed by atoms with E-state index in [9.17, 15) is 0 Å². The Balaban J connectivity index is 2.81. The molecule has 0 aromatic rings. The highest BCUT2D eigenvalue weighted by atomic mass is 13.9. The van der Waals surface area contributed by atoms with Gasteiger partial charge in [-0.1, -0.05) is 37.8 Å². The van der Waals surface area contributed by atoms with Crippen LogP contribution in [0.1, 0.15) is 51.4 Å². The Labute approximate surface area is 77.4 Å². The molecule has 0 aliphatic heterocycles. The zero-order valence-electron chi connectivity index (χ0n) is 8.23. The maximum atomic E-state index is 3.71. The minimum atomic E-state index is 1.19. The van der Waals surface area contributed by atoms with Gasteiger partial charge in [0.05, 0.1) is 0 Å². The van der Waals surface area contributed by atoms with Gasteiger partial charge in [0, 0.05) is 0 Å². The number of hydrogen-bond acceptors (Lipinski definition) is 0. The normalized spacial score (nSPS) is 9.67. The predicted molar refractivity (Wildman–Crippen MR) is 57.3 cm³/mol. The zero-order chi connectivity index (χ0) is 9.07. The monoisotopic (exact) mass is 166 g/mol. The van der Waals surface area contributed by atoms with Crippen molar-refractivity contribution in [3.05, 3.63) is 25.3 Å². The summed E-state index contributed by atoms with van der Waals surface area (Å²) in [5.74, 6) is 0. The summed E-state index contributed by atoms with van der Waals surface area (Å²) in [5, 5.41) is 0. The molecule has 0 fully saturated rings. The second kappa shape index (κ2) is 10.5. The molecule has 0 heterocycles. The maximum absolute atomic E-state index is 3.71. The highest BCUT2D eigenvalue weighted by molar-refractivity contribution is 4.66. The molecule has 0 bridgehead atoms. The van der Waals surface area contributed by atoms with Gasteiger partial charge in [0.1, 0.15) is 0 Å². The largest absolute Gasteiger partial charge is 0.103 e. The van der Waals surface area contributed by atoms with E-state index >= 15 is 0 Å². The summed E-state index contributed by atoms with van der Waals surface area (Å²) >= 11 is 0. The average Bonchev–Trinajstić information content (AvgIpc) is 2.10. The fourth-order valence-corrected chi connectivity index (χ4v) is 1.28. The highest BCUT2D eigenvalue weighted by Crippen LogP contribution is 2.08. The molecule has 12 heavy (non-hydrogen) atoms. The smallest absolute Gasteiger partial charge is 0.0353 e. The van der Waals surface area contributed by atoms with Gasteiger partial charge >= 0.3 is 0 Å². The molecule has 0 N–H and O–H groups in total. The quantitative estimate of drug-likeness (QED) is 0.350. The molecule has 0 saturated heterocycles. The molecule has 0 unspecified atom stereocenters. The fraction of sp³-hybridized carbons (Fsp3) is 0.667. The van der Waals surface area contributed by atoms with Crippen LogP contribution in [0.15, 0.2) is 25.3 Å². The molecule has 0 saturated carbocycles. The van der Waals surface area contributed by atoms with Crippen molar-refractivity contribution in [2.24, 2.45) is 0 Å². The van der Waals surface area contributed by atoms with Gasteiger partial charge in [0.25, 0.3) is 0 Å². The van der Waals surface area contributed by atoms with Crippen LogP contribution in [0.5, 0.6) is 0 Å². The zero-order valence-corrected chi connectivity index (χ0v) is 8.23. The summed E-state index contributed by atoms with van der Waals surface area (Å²) in [6, 6.07) is 0. The summed E-state index contributed by atoms with van der Waals surface area (Å²) in [6.45, 7) is 7.42. The fourth-order valence-electron chi connectivity index (χ4n) is 1.28. The summed E-state index contributed by atoms with van der Waals surface area (Å²) in [5.41, 5.74) is 0. The minimum absolute atomic E-state index is 1.19. The first kappa shape index (κ1) is 11.5. The van der Waals surface area contributed by atoms with E-state index in [-0.39, 0.29) is 0 Å².